The Labute approximate surface area is 120 Å². The van der Waals surface area contributed by atoms with Gasteiger partial charge in [0.1, 0.15) is 0 Å². The summed E-state index contributed by atoms with van der Waals surface area (Å²) in [5, 5.41) is 13.7. The van der Waals surface area contributed by atoms with Gasteiger partial charge in [-0.05, 0) is 20.8 Å². The van der Waals surface area contributed by atoms with E-state index in [2.05, 4.69) is 20.8 Å². The lowest BCUT2D eigenvalue weighted by Gasteiger charge is -2.19. The zero-order valence-electron chi connectivity index (χ0n) is 11.4. The van der Waals surface area contributed by atoms with Crippen molar-refractivity contribution >= 4 is 40.0 Å². The fraction of sp³-hybridized carbons (Fsp3) is 0.636. The average molecular weight is 302 g/mol. The van der Waals surface area contributed by atoms with Gasteiger partial charge in [0.2, 0.25) is 16.9 Å². The van der Waals surface area contributed by atoms with Crippen LogP contribution in [-0.4, -0.2) is 33.3 Å². The molecule has 2 amide bonds. The van der Waals surface area contributed by atoms with Crippen LogP contribution in [0.15, 0.2) is 4.34 Å². The smallest absolute Gasteiger partial charge is 0.230 e. The summed E-state index contributed by atoms with van der Waals surface area (Å²) in [5.74, 6) is 0.137. The first-order valence-corrected chi connectivity index (χ1v) is 7.67. The number of hydrogen-bond donors (Lipinski definition) is 2. The van der Waals surface area contributed by atoms with E-state index in [9.17, 15) is 9.59 Å². The normalized spacial score (nSPS) is 11.2. The lowest BCUT2D eigenvalue weighted by atomic mass is 10.1. The van der Waals surface area contributed by atoms with Gasteiger partial charge in [-0.15, -0.1) is 10.2 Å². The number of carbonyl (C=O) groups excluding carboxylic acids is 2. The summed E-state index contributed by atoms with van der Waals surface area (Å²) in [7, 11) is 0. The zero-order chi connectivity index (χ0) is 14.5. The van der Waals surface area contributed by atoms with Crippen LogP contribution in [0.3, 0.4) is 0 Å². The molecule has 1 heterocycles. The Morgan fingerprint density at radius 2 is 1.95 bits per heavy atom. The van der Waals surface area contributed by atoms with Crippen LogP contribution in [0.1, 0.15) is 34.1 Å². The molecule has 1 rings (SSSR count). The van der Waals surface area contributed by atoms with Crippen LogP contribution in [0, 0.1) is 0 Å². The number of amides is 2. The molecule has 0 aliphatic carbocycles. The molecule has 1 aromatic heterocycles. The Kier molecular flexibility index (Phi) is 5.74. The lowest BCUT2D eigenvalue weighted by molar-refractivity contribution is -0.120. The fourth-order valence-electron chi connectivity index (χ4n) is 1.11. The minimum atomic E-state index is -0.237. The van der Waals surface area contributed by atoms with Crippen LogP contribution in [0.2, 0.25) is 0 Å². The summed E-state index contributed by atoms with van der Waals surface area (Å²) in [6.45, 7) is 7.56. The van der Waals surface area contributed by atoms with Gasteiger partial charge in [-0.2, -0.15) is 0 Å². The summed E-state index contributed by atoms with van der Waals surface area (Å²) >= 11 is 2.57. The van der Waals surface area contributed by atoms with Crippen molar-refractivity contribution in [1.82, 2.24) is 15.5 Å². The number of rotatable bonds is 5. The minimum Gasteiger partial charge on any atom is -0.351 e. The summed E-state index contributed by atoms with van der Waals surface area (Å²) in [5.41, 5.74) is -0.237. The van der Waals surface area contributed by atoms with Gasteiger partial charge in [0.05, 0.1) is 5.75 Å². The van der Waals surface area contributed by atoms with Crippen LogP contribution >= 0.6 is 23.1 Å². The quantitative estimate of drug-likeness (QED) is 0.641. The lowest BCUT2D eigenvalue weighted by Crippen LogP contribution is -2.41. The SMILES string of the molecule is CCC(=O)Nc1nnc(SCC(=O)NC(C)(C)C)s1. The maximum absolute atomic E-state index is 11.6. The van der Waals surface area contributed by atoms with Crippen LogP contribution in [0.4, 0.5) is 5.13 Å². The van der Waals surface area contributed by atoms with Crippen molar-refractivity contribution in [3.05, 3.63) is 0 Å². The molecule has 2 N–H and O–H groups in total. The predicted octanol–water partition coefficient (Wildman–Crippen LogP) is 1.89. The molecule has 0 radical (unpaired) electrons. The first-order valence-electron chi connectivity index (χ1n) is 5.87. The third-order valence-electron chi connectivity index (χ3n) is 1.82. The van der Waals surface area contributed by atoms with Crippen molar-refractivity contribution in [2.45, 2.75) is 44.0 Å². The van der Waals surface area contributed by atoms with E-state index in [4.69, 9.17) is 0 Å². The largest absolute Gasteiger partial charge is 0.351 e. The van der Waals surface area contributed by atoms with Gasteiger partial charge in [0.25, 0.3) is 0 Å². The number of nitrogens with one attached hydrogen (secondary N) is 2. The average Bonchev–Trinajstić information content (AvgIpc) is 2.71. The highest BCUT2D eigenvalue weighted by molar-refractivity contribution is 8.01. The summed E-state index contributed by atoms with van der Waals surface area (Å²) in [6.07, 6.45) is 0.399. The summed E-state index contributed by atoms with van der Waals surface area (Å²) in [4.78, 5) is 22.8. The molecule has 0 bridgehead atoms. The highest BCUT2D eigenvalue weighted by Crippen LogP contribution is 2.25. The molecular formula is C11H18N4O2S2. The van der Waals surface area contributed by atoms with Crippen molar-refractivity contribution in [3.63, 3.8) is 0 Å². The molecule has 8 heteroatoms. The van der Waals surface area contributed by atoms with Gasteiger partial charge in [0, 0.05) is 12.0 Å². The number of nitrogens with zero attached hydrogens (tertiary/aromatic N) is 2. The summed E-state index contributed by atoms with van der Waals surface area (Å²) in [6, 6.07) is 0. The maximum atomic E-state index is 11.6. The Bertz CT molecular complexity index is 454. The maximum Gasteiger partial charge on any atom is 0.230 e. The molecule has 106 valence electrons. The Morgan fingerprint density at radius 1 is 1.26 bits per heavy atom. The third-order valence-corrected chi connectivity index (χ3v) is 3.79. The second-order valence-corrected chi connectivity index (χ2v) is 7.06. The first kappa shape index (κ1) is 15.9. The standard InChI is InChI=1S/C11H18N4O2S2/c1-5-7(16)12-9-14-15-10(19-9)18-6-8(17)13-11(2,3)4/h5-6H2,1-4H3,(H,13,17)(H,12,14,16). The van der Waals surface area contributed by atoms with E-state index < -0.39 is 0 Å². The molecule has 1 aromatic rings. The molecule has 0 aromatic carbocycles. The zero-order valence-corrected chi connectivity index (χ0v) is 13.1. The van der Waals surface area contributed by atoms with Crippen molar-refractivity contribution in [2.75, 3.05) is 11.1 Å². The highest BCUT2D eigenvalue weighted by Gasteiger charge is 2.15. The molecule has 0 aliphatic rings. The molecule has 19 heavy (non-hydrogen) atoms. The van der Waals surface area contributed by atoms with Gasteiger partial charge in [-0.1, -0.05) is 30.0 Å². The third kappa shape index (κ3) is 6.53. The van der Waals surface area contributed by atoms with E-state index in [1.807, 2.05) is 20.8 Å². The number of anilines is 1. The molecule has 0 atom stereocenters. The molecule has 0 saturated carbocycles. The first-order chi connectivity index (χ1) is 8.80. The van der Waals surface area contributed by atoms with Crippen molar-refractivity contribution in [1.29, 1.82) is 0 Å². The van der Waals surface area contributed by atoms with Crippen molar-refractivity contribution in [3.8, 4) is 0 Å². The van der Waals surface area contributed by atoms with Gasteiger partial charge in [0.15, 0.2) is 4.34 Å². The minimum absolute atomic E-state index is 0.0492. The van der Waals surface area contributed by atoms with Crippen LogP contribution in [0.5, 0.6) is 0 Å². The summed E-state index contributed by atoms with van der Waals surface area (Å²) < 4.78 is 0.662. The van der Waals surface area contributed by atoms with Gasteiger partial charge >= 0.3 is 0 Å². The Balaban J connectivity index is 2.42. The van der Waals surface area contributed by atoms with Gasteiger partial charge in [-0.25, -0.2) is 0 Å². The van der Waals surface area contributed by atoms with Crippen LogP contribution < -0.4 is 10.6 Å². The van der Waals surface area contributed by atoms with E-state index >= 15 is 0 Å². The number of hydrogen-bond acceptors (Lipinski definition) is 6. The van der Waals surface area contributed by atoms with Crippen molar-refractivity contribution < 1.29 is 9.59 Å². The number of thioether (sulfide) groups is 1. The fourth-order valence-corrected chi connectivity index (χ4v) is 2.68. The molecule has 0 saturated heterocycles. The topological polar surface area (TPSA) is 84.0 Å². The molecule has 6 nitrogen and oxygen atoms in total. The number of aromatic nitrogens is 2. The van der Waals surface area contributed by atoms with Gasteiger partial charge in [-0.3, -0.25) is 9.59 Å². The highest BCUT2D eigenvalue weighted by atomic mass is 32.2. The van der Waals surface area contributed by atoms with E-state index in [0.717, 1.165) is 0 Å². The second kappa shape index (κ2) is 6.85. The number of carbonyl (C=O) groups is 2. The van der Waals surface area contributed by atoms with Crippen LogP contribution in [0.25, 0.3) is 0 Å². The van der Waals surface area contributed by atoms with E-state index in [1.165, 1.54) is 23.1 Å². The molecule has 0 unspecified atom stereocenters. The van der Waals surface area contributed by atoms with E-state index in [1.54, 1.807) is 6.92 Å². The molecular weight excluding hydrogens is 284 g/mol. The van der Waals surface area contributed by atoms with Crippen LogP contribution in [-0.2, 0) is 9.59 Å². The molecule has 0 spiro atoms. The monoisotopic (exact) mass is 302 g/mol. The van der Waals surface area contributed by atoms with Crippen molar-refractivity contribution in [2.24, 2.45) is 0 Å². The molecule has 0 aliphatic heterocycles. The molecule has 0 fully saturated rings. The second-order valence-electron chi connectivity index (χ2n) is 4.86. The Morgan fingerprint density at radius 3 is 2.53 bits per heavy atom. The van der Waals surface area contributed by atoms with E-state index in [0.29, 0.717) is 15.9 Å². The Hall–Kier alpha value is -1.15. The predicted molar refractivity (Wildman–Crippen MR) is 77.4 cm³/mol. The van der Waals surface area contributed by atoms with E-state index in [-0.39, 0.29) is 23.1 Å². The van der Waals surface area contributed by atoms with Gasteiger partial charge < -0.3 is 10.6 Å².